The summed E-state index contributed by atoms with van der Waals surface area (Å²) in [6, 6.07) is 8.77. The first-order valence-corrected chi connectivity index (χ1v) is 9.82. The van der Waals surface area contributed by atoms with Gasteiger partial charge in [-0.15, -0.1) is 0 Å². The Balaban J connectivity index is 1.42. The predicted octanol–water partition coefficient (Wildman–Crippen LogP) is 3.30. The van der Waals surface area contributed by atoms with Crippen LogP contribution in [-0.2, 0) is 0 Å². The minimum Gasteiger partial charge on any atom is -0.490 e. The van der Waals surface area contributed by atoms with E-state index >= 15 is 0 Å². The van der Waals surface area contributed by atoms with E-state index in [1.807, 2.05) is 19.2 Å². The number of amides is 1. The van der Waals surface area contributed by atoms with Gasteiger partial charge in [-0.05, 0) is 42.8 Å². The summed E-state index contributed by atoms with van der Waals surface area (Å²) in [6.45, 7) is 1.95. The minimum atomic E-state index is -1.07. The highest BCUT2D eigenvalue weighted by atomic mass is 19.1. The number of aliphatic hydroxyl groups is 1. The number of hydrogen-bond donors (Lipinski definition) is 3. The average molecular weight is 418 g/mol. The molecule has 1 aliphatic rings. The maximum absolute atomic E-state index is 14.4. The molecule has 0 aliphatic carbocycles. The molecule has 0 radical (unpaired) electrons. The van der Waals surface area contributed by atoms with Crippen molar-refractivity contribution in [1.82, 2.24) is 20.3 Å². The molecule has 0 spiro atoms. The predicted molar refractivity (Wildman–Crippen MR) is 112 cm³/mol. The standard InChI is InChI=1S/C23H19FN4O3/c1-12-9-27-22-19(12)14(7-8-25-22)16-6-5-13(10-26-16)23(30)28-21-17(29)11-31-18-4-2-3-15(24)20(18)21/h2-10,17,21,29H,11H2,1H3,(H,25,27)(H,28,30)/t17-,21-/m0/s1. The Morgan fingerprint density at radius 1 is 1.26 bits per heavy atom. The molecule has 31 heavy (non-hydrogen) atoms. The molecule has 1 amide bonds. The highest BCUT2D eigenvalue weighted by Gasteiger charge is 2.33. The molecule has 0 saturated carbocycles. The molecule has 0 unspecified atom stereocenters. The average Bonchev–Trinajstić information content (AvgIpc) is 3.17. The van der Waals surface area contributed by atoms with Gasteiger partial charge in [0.2, 0.25) is 0 Å². The molecular weight excluding hydrogens is 399 g/mol. The van der Waals surface area contributed by atoms with Gasteiger partial charge in [-0.1, -0.05) is 6.07 Å². The smallest absolute Gasteiger partial charge is 0.253 e. The highest BCUT2D eigenvalue weighted by molar-refractivity contribution is 5.96. The number of pyridine rings is 2. The largest absolute Gasteiger partial charge is 0.490 e. The summed E-state index contributed by atoms with van der Waals surface area (Å²) in [7, 11) is 0. The first-order chi connectivity index (χ1) is 15.0. The van der Waals surface area contributed by atoms with Crippen LogP contribution in [0.4, 0.5) is 4.39 Å². The van der Waals surface area contributed by atoms with Gasteiger partial charge < -0.3 is 20.1 Å². The Kier molecular flexibility index (Phi) is 4.63. The number of aryl methyl sites for hydroxylation is 1. The van der Waals surface area contributed by atoms with Crippen molar-refractivity contribution in [2.75, 3.05) is 6.61 Å². The number of nitrogens with zero attached hydrogens (tertiary/aromatic N) is 2. The molecule has 1 aliphatic heterocycles. The van der Waals surface area contributed by atoms with Gasteiger partial charge in [-0.25, -0.2) is 9.37 Å². The number of H-pyrrole nitrogens is 1. The van der Waals surface area contributed by atoms with Gasteiger partial charge in [-0.3, -0.25) is 9.78 Å². The fourth-order valence-electron chi connectivity index (χ4n) is 3.92. The van der Waals surface area contributed by atoms with Crippen molar-refractivity contribution in [3.63, 3.8) is 0 Å². The van der Waals surface area contributed by atoms with Crippen molar-refractivity contribution in [3.8, 4) is 17.0 Å². The molecule has 0 fully saturated rings. The van der Waals surface area contributed by atoms with Crippen molar-refractivity contribution in [2.24, 2.45) is 0 Å². The Hall–Kier alpha value is -3.78. The number of benzene rings is 1. The minimum absolute atomic E-state index is 0.0351. The number of aromatic amines is 1. The topological polar surface area (TPSA) is 100 Å². The summed E-state index contributed by atoms with van der Waals surface area (Å²) >= 11 is 0. The molecule has 7 nitrogen and oxygen atoms in total. The SMILES string of the molecule is Cc1c[nH]c2nccc(-c3ccc(C(=O)N[C@@H]4c5c(F)cccc5OC[C@@H]4O)cn3)c12. The summed E-state index contributed by atoms with van der Waals surface area (Å²) in [5.74, 6) is -0.692. The van der Waals surface area contributed by atoms with E-state index in [1.54, 1.807) is 24.4 Å². The summed E-state index contributed by atoms with van der Waals surface area (Å²) in [4.78, 5) is 24.7. The van der Waals surface area contributed by atoms with Crippen LogP contribution >= 0.6 is 0 Å². The van der Waals surface area contributed by atoms with Gasteiger partial charge in [0.05, 0.1) is 22.9 Å². The second-order valence-corrected chi connectivity index (χ2v) is 7.47. The molecule has 3 N–H and O–H groups in total. The molecule has 1 aromatic carbocycles. The van der Waals surface area contributed by atoms with E-state index in [0.717, 1.165) is 22.2 Å². The third-order valence-electron chi connectivity index (χ3n) is 5.48. The van der Waals surface area contributed by atoms with E-state index in [4.69, 9.17) is 4.74 Å². The van der Waals surface area contributed by atoms with Crippen molar-refractivity contribution >= 4 is 16.9 Å². The monoisotopic (exact) mass is 418 g/mol. The second-order valence-electron chi connectivity index (χ2n) is 7.47. The number of halogens is 1. The lowest BCUT2D eigenvalue weighted by atomic mass is 9.97. The lowest BCUT2D eigenvalue weighted by Gasteiger charge is -2.31. The van der Waals surface area contributed by atoms with Crippen LogP contribution in [0.3, 0.4) is 0 Å². The van der Waals surface area contributed by atoms with Crippen LogP contribution in [0, 0.1) is 12.7 Å². The van der Waals surface area contributed by atoms with Crippen LogP contribution in [0.2, 0.25) is 0 Å². The number of fused-ring (bicyclic) bond motifs is 2. The molecule has 4 aromatic rings. The maximum atomic E-state index is 14.4. The van der Waals surface area contributed by atoms with Crippen LogP contribution in [-0.4, -0.2) is 38.7 Å². The molecule has 0 saturated heterocycles. The second kappa shape index (κ2) is 7.48. The molecule has 8 heteroatoms. The van der Waals surface area contributed by atoms with Gasteiger partial charge in [-0.2, -0.15) is 0 Å². The number of nitrogens with one attached hydrogen (secondary N) is 2. The van der Waals surface area contributed by atoms with Gasteiger partial charge in [0.1, 0.15) is 29.9 Å². The molecule has 0 bridgehead atoms. The van der Waals surface area contributed by atoms with Crippen LogP contribution in [0.25, 0.3) is 22.3 Å². The molecule has 3 aromatic heterocycles. The summed E-state index contributed by atoms with van der Waals surface area (Å²) in [5.41, 5.74) is 3.88. The molecule has 5 rings (SSSR count). The number of hydrogen-bond acceptors (Lipinski definition) is 5. The van der Waals surface area contributed by atoms with Crippen LogP contribution in [0.15, 0.2) is 55.0 Å². The number of rotatable bonds is 3. The van der Waals surface area contributed by atoms with Gasteiger partial charge in [0.25, 0.3) is 5.91 Å². The van der Waals surface area contributed by atoms with E-state index in [-0.39, 0.29) is 12.2 Å². The maximum Gasteiger partial charge on any atom is 0.253 e. The molecule has 2 atom stereocenters. The summed E-state index contributed by atoms with van der Waals surface area (Å²) in [5, 5.41) is 14.0. The summed E-state index contributed by atoms with van der Waals surface area (Å²) in [6.07, 6.45) is 3.99. The molecule has 156 valence electrons. The lowest BCUT2D eigenvalue weighted by molar-refractivity contribution is 0.0485. The van der Waals surface area contributed by atoms with Crippen LogP contribution in [0.5, 0.6) is 5.75 Å². The van der Waals surface area contributed by atoms with Crippen molar-refractivity contribution in [1.29, 1.82) is 0 Å². The lowest BCUT2D eigenvalue weighted by Crippen LogP contribution is -2.42. The van der Waals surface area contributed by atoms with Crippen LogP contribution in [0.1, 0.15) is 27.5 Å². The zero-order valence-corrected chi connectivity index (χ0v) is 16.6. The summed E-state index contributed by atoms with van der Waals surface area (Å²) < 4.78 is 19.7. The quantitative estimate of drug-likeness (QED) is 0.474. The Bertz CT molecular complexity index is 1290. The van der Waals surface area contributed by atoms with E-state index in [2.05, 4.69) is 20.3 Å². The Morgan fingerprint density at radius 2 is 2.13 bits per heavy atom. The van der Waals surface area contributed by atoms with Crippen molar-refractivity contribution in [2.45, 2.75) is 19.1 Å². The first-order valence-electron chi connectivity index (χ1n) is 9.82. The highest BCUT2D eigenvalue weighted by Crippen LogP contribution is 2.34. The first kappa shape index (κ1) is 19.2. The fraction of sp³-hybridized carbons (Fsp3) is 0.174. The van der Waals surface area contributed by atoms with E-state index in [1.165, 1.54) is 18.3 Å². The normalized spacial score (nSPS) is 17.8. The number of carbonyl (C=O) groups is 1. The number of aliphatic hydroxyl groups excluding tert-OH is 1. The number of ether oxygens (including phenoxy) is 1. The van der Waals surface area contributed by atoms with E-state index in [0.29, 0.717) is 17.0 Å². The van der Waals surface area contributed by atoms with Crippen molar-refractivity contribution < 1.29 is 19.0 Å². The zero-order valence-electron chi connectivity index (χ0n) is 16.6. The molecular formula is C23H19FN4O3. The third-order valence-corrected chi connectivity index (χ3v) is 5.48. The Labute approximate surface area is 176 Å². The van der Waals surface area contributed by atoms with E-state index in [9.17, 15) is 14.3 Å². The van der Waals surface area contributed by atoms with Crippen molar-refractivity contribution in [3.05, 3.63) is 77.5 Å². The van der Waals surface area contributed by atoms with Gasteiger partial charge in [0.15, 0.2) is 0 Å². The fourth-order valence-corrected chi connectivity index (χ4v) is 3.92. The van der Waals surface area contributed by atoms with E-state index < -0.39 is 23.9 Å². The zero-order chi connectivity index (χ0) is 21.5. The Morgan fingerprint density at radius 3 is 2.94 bits per heavy atom. The van der Waals surface area contributed by atoms with Gasteiger partial charge >= 0.3 is 0 Å². The number of carbonyl (C=O) groups excluding carboxylic acids is 1. The number of aromatic nitrogens is 3. The molecule has 4 heterocycles. The van der Waals surface area contributed by atoms with Gasteiger partial charge in [0, 0.05) is 29.5 Å². The van der Waals surface area contributed by atoms with Crippen LogP contribution < -0.4 is 10.1 Å². The third kappa shape index (κ3) is 3.30.